The van der Waals surface area contributed by atoms with Crippen molar-refractivity contribution in [3.8, 4) is 0 Å². The van der Waals surface area contributed by atoms with E-state index in [1.54, 1.807) is 5.43 Å². The van der Waals surface area contributed by atoms with Crippen molar-refractivity contribution >= 4 is 5.91 Å². The predicted molar refractivity (Wildman–Crippen MR) is 55.8 cm³/mol. The number of alkyl halides is 6. The molecule has 120 valence electrons. The maximum Gasteiger partial charge on any atom is 0.423 e. The van der Waals surface area contributed by atoms with E-state index in [9.17, 15) is 31.1 Å². The first kappa shape index (κ1) is 17.3. The zero-order valence-corrected chi connectivity index (χ0v) is 10.4. The molecule has 1 rings (SSSR count). The zero-order valence-electron chi connectivity index (χ0n) is 10.4. The molecular formula is C10H10F6N2O3. The lowest BCUT2D eigenvalue weighted by molar-refractivity contribution is -0.324. The molecule has 0 saturated heterocycles. The van der Waals surface area contributed by atoms with Crippen LogP contribution in [0.5, 0.6) is 0 Å². The van der Waals surface area contributed by atoms with Crippen molar-refractivity contribution in [2.75, 3.05) is 0 Å². The first-order chi connectivity index (χ1) is 9.46. The molecule has 0 aliphatic rings. The number of hydrazine groups is 1. The van der Waals surface area contributed by atoms with E-state index < -0.39 is 31.0 Å². The van der Waals surface area contributed by atoms with Gasteiger partial charge in [-0.1, -0.05) is 0 Å². The Balaban J connectivity index is 2.87. The number of rotatable bonds is 4. The zero-order chi connectivity index (χ0) is 16.4. The fourth-order valence-electron chi connectivity index (χ4n) is 1.39. The molecule has 0 radical (unpaired) electrons. The Morgan fingerprint density at radius 3 is 2.29 bits per heavy atom. The molecule has 0 atom stereocenters. The first-order valence-corrected chi connectivity index (χ1v) is 5.32. The smallest absolute Gasteiger partial charge is 0.423 e. The van der Waals surface area contributed by atoms with Crippen LogP contribution >= 0.6 is 0 Å². The summed E-state index contributed by atoms with van der Waals surface area (Å²) in [7, 11) is 0. The number of furan rings is 1. The van der Waals surface area contributed by atoms with Gasteiger partial charge in [0, 0.05) is 5.56 Å². The third-order valence-electron chi connectivity index (χ3n) is 2.38. The maximum absolute atomic E-state index is 12.3. The number of hydrogen-bond donors (Lipinski definition) is 2. The van der Waals surface area contributed by atoms with E-state index in [-0.39, 0.29) is 17.1 Å². The monoisotopic (exact) mass is 320 g/mol. The summed E-state index contributed by atoms with van der Waals surface area (Å²) in [4.78, 5) is 11.1. The Kier molecular flexibility index (Phi) is 4.89. The second kappa shape index (κ2) is 5.93. The number of halogens is 6. The van der Waals surface area contributed by atoms with E-state index >= 15 is 0 Å². The highest BCUT2D eigenvalue weighted by Crippen LogP contribution is 2.36. The number of carbonyl (C=O) groups excluding carboxylic acids is 1. The van der Waals surface area contributed by atoms with Gasteiger partial charge in [0.2, 0.25) is 6.10 Å². The van der Waals surface area contributed by atoms with Crippen LogP contribution in [0.4, 0.5) is 26.3 Å². The van der Waals surface area contributed by atoms with E-state index in [1.807, 2.05) is 0 Å². The number of amides is 1. The average molecular weight is 320 g/mol. The largest absolute Gasteiger partial charge is 0.456 e. The molecular weight excluding hydrogens is 310 g/mol. The number of aryl methyl sites for hydroxylation is 1. The topological polar surface area (TPSA) is 77.5 Å². The summed E-state index contributed by atoms with van der Waals surface area (Å²) in [5, 5.41) is 0. The molecule has 1 heterocycles. The molecule has 0 unspecified atom stereocenters. The summed E-state index contributed by atoms with van der Waals surface area (Å²) in [5.74, 6) is 3.51. The van der Waals surface area contributed by atoms with Gasteiger partial charge in [-0.25, -0.2) is 5.84 Å². The van der Waals surface area contributed by atoms with Gasteiger partial charge in [-0.2, -0.15) is 26.3 Å². The SMILES string of the molecule is Cc1oc(C(=O)NN)cc1COC(C(F)(F)F)C(F)(F)F. The Morgan fingerprint density at radius 1 is 1.33 bits per heavy atom. The Bertz CT molecular complexity index is 494. The van der Waals surface area contributed by atoms with E-state index in [0.717, 1.165) is 6.07 Å². The quantitative estimate of drug-likeness (QED) is 0.386. The highest BCUT2D eigenvalue weighted by molar-refractivity contribution is 5.91. The lowest BCUT2D eigenvalue weighted by atomic mass is 10.2. The first-order valence-electron chi connectivity index (χ1n) is 5.32. The van der Waals surface area contributed by atoms with Crippen molar-refractivity contribution in [2.24, 2.45) is 5.84 Å². The van der Waals surface area contributed by atoms with Crippen molar-refractivity contribution in [1.82, 2.24) is 5.43 Å². The molecule has 21 heavy (non-hydrogen) atoms. The third kappa shape index (κ3) is 4.36. The fraction of sp³-hybridized carbons (Fsp3) is 0.500. The summed E-state index contributed by atoms with van der Waals surface area (Å²) in [6, 6.07) is 0.946. The molecule has 0 aromatic carbocycles. The van der Waals surface area contributed by atoms with Crippen LogP contribution in [-0.2, 0) is 11.3 Å². The van der Waals surface area contributed by atoms with Crippen molar-refractivity contribution in [2.45, 2.75) is 32.0 Å². The normalized spacial score (nSPS) is 12.8. The minimum atomic E-state index is -5.60. The minimum Gasteiger partial charge on any atom is -0.456 e. The maximum atomic E-state index is 12.3. The summed E-state index contributed by atoms with van der Waals surface area (Å²) in [6.07, 6.45) is -15.1. The van der Waals surface area contributed by atoms with Gasteiger partial charge in [-0.15, -0.1) is 0 Å². The number of carbonyl (C=O) groups is 1. The predicted octanol–water partition coefficient (Wildman–Crippen LogP) is 2.20. The van der Waals surface area contributed by atoms with Gasteiger partial charge in [0.15, 0.2) is 5.76 Å². The van der Waals surface area contributed by atoms with Gasteiger partial charge in [-0.3, -0.25) is 10.2 Å². The average Bonchev–Trinajstić information content (AvgIpc) is 2.67. The van der Waals surface area contributed by atoms with Crippen molar-refractivity contribution in [3.05, 3.63) is 23.2 Å². The molecule has 0 aliphatic carbocycles. The standard InChI is InChI=1S/C10H10F6N2O3/c1-4-5(2-6(21-4)7(19)18-17)3-20-8(9(11,12)13)10(14,15)16/h2,8H,3,17H2,1H3,(H,18,19). The van der Waals surface area contributed by atoms with Gasteiger partial charge in [0.25, 0.3) is 0 Å². The van der Waals surface area contributed by atoms with Gasteiger partial charge in [-0.05, 0) is 13.0 Å². The highest BCUT2D eigenvalue weighted by Gasteiger charge is 2.58. The number of ether oxygens (including phenoxy) is 1. The van der Waals surface area contributed by atoms with Crippen LogP contribution in [0.1, 0.15) is 21.9 Å². The van der Waals surface area contributed by atoms with Gasteiger partial charge >= 0.3 is 18.3 Å². The minimum absolute atomic E-state index is 0.0586. The molecule has 1 aromatic rings. The van der Waals surface area contributed by atoms with E-state index in [4.69, 9.17) is 10.3 Å². The Morgan fingerprint density at radius 2 is 1.86 bits per heavy atom. The third-order valence-corrected chi connectivity index (χ3v) is 2.38. The van der Waals surface area contributed by atoms with Crippen LogP contribution in [0.25, 0.3) is 0 Å². The lowest BCUT2D eigenvalue weighted by Gasteiger charge is -2.22. The van der Waals surface area contributed by atoms with Crippen LogP contribution in [0, 0.1) is 6.92 Å². The molecule has 11 heteroatoms. The molecule has 0 aliphatic heterocycles. The van der Waals surface area contributed by atoms with Gasteiger partial charge in [0.1, 0.15) is 5.76 Å². The summed E-state index contributed by atoms with van der Waals surface area (Å²) in [5.41, 5.74) is 1.57. The van der Waals surface area contributed by atoms with Gasteiger partial charge in [0.05, 0.1) is 6.61 Å². The summed E-state index contributed by atoms with van der Waals surface area (Å²) < 4.78 is 82.3. The van der Waals surface area contributed by atoms with Crippen molar-refractivity contribution < 1.29 is 40.3 Å². The second-order valence-electron chi connectivity index (χ2n) is 3.94. The molecule has 1 aromatic heterocycles. The molecule has 0 bridgehead atoms. The lowest BCUT2D eigenvalue weighted by Crippen LogP contribution is -2.44. The highest BCUT2D eigenvalue weighted by atomic mass is 19.4. The number of nitrogen functional groups attached to an aromatic ring is 1. The Hall–Kier alpha value is -1.75. The van der Waals surface area contributed by atoms with E-state index in [0.29, 0.717) is 0 Å². The summed E-state index contributed by atoms with van der Waals surface area (Å²) in [6.45, 7) is 0.221. The number of hydrogen-bond acceptors (Lipinski definition) is 4. The number of nitrogens with two attached hydrogens (primary N) is 1. The summed E-state index contributed by atoms with van der Waals surface area (Å²) >= 11 is 0. The molecule has 0 saturated carbocycles. The van der Waals surface area contributed by atoms with Crippen LogP contribution < -0.4 is 11.3 Å². The van der Waals surface area contributed by atoms with Crippen molar-refractivity contribution in [3.63, 3.8) is 0 Å². The van der Waals surface area contributed by atoms with Crippen LogP contribution in [0.2, 0.25) is 0 Å². The van der Waals surface area contributed by atoms with Crippen LogP contribution in [0.3, 0.4) is 0 Å². The fourth-order valence-corrected chi connectivity index (χ4v) is 1.39. The van der Waals surface area contributed by atoms with E-state index in [1.165, 1.54) is 6.92 Å². The molecule has 3 N–H and O–H groups in total. The second-order valence-corrected chi connectivity index (χ2v) is 3.94. The van der Waals surface area contributed by atoms with Gasteiger partial charge < -0.3 is 9.15 Å². The molecule has 0 spiro atoms. The van der Waals surface area contributed by atoms with Crippen LogP contribution in [-0.4, -0.2) is 24.4 Å². The number of nitrogens with one attached hydrogen (secondary N) is 1. The van der Waals surface area contributed by atoms with E-state index in [2.05, 4.69) is 4.74 Å². The molecule has 1 amide bonds. The van der Waals surface area contributed by atoms with Crippen molar-refractivity contribution in [1.29, 1.82) is 0 Å². The van der Waals surface area contributed by atoms with Crippen LogP contribution in [0.15, 0.2) is 10.5 Å². The molecule has 5 nitrogen and oxygen atoms in total. The molecule has 0 fully saturated rings. The Labute approximate surface area is 114 Å².